The van der Waals surface area contributed by atoms with E-state index in [-0.39, 0.29) is 18.5 Å². The van der Waals surface area contributed by atoms with Crippen LogP contribution in [-0.2, 0) is 21.9 Å². The molecule has 0 saturated heterocycles. The Hall–Kier alpha value is -2.17. The van der Waals surface area contributed by atoms with Gasteiger partial charge in [0.2, 0.25) is 5.88 Å². The van der Waals surface area contributed by atoms with Crippen molar-refractivity contribution in [2.45, 2.75) is 19.0 Å². The quantitative estimate of drug-likeness (QED) is 0.761. The van der Waals surface area contributed by atoms with Gasteiger partial charge in [0.15, 0.2) is 0 Å². The topological polar surface area (TPSA) is 96.7 Å². The molecule has 0 aliphatic carbocycles. The van der Waals surface area contributed by atoms with Gasteiger partial charge in [-0.3, -0.25) is 4.79 Å². The Kier molecular flexibility index (Phi) is 5.31. The van der Waals surface area contributed by atoms with Crippen LogP contribution in [-0.4, -0.2) is 21.0 Å². The van der Waals surface area contributed by atoms with E-state index in [0.29, 0.717) is 17.5 Å². The van der Waals surface area contributed by atoms with Crippen LogP contribution in [0, 0.1) is 0 Å². The summed E-state index contributed by atoms with van der Waals surface area (Å²) in [6, 6.07) is 12.0. The molecular formula is C15H16NO5P. The Balaban J connectivity index is 2.04. The molecular weight excluding hydrogens is 305 g/mol. The summed E-state index contributed by atoms with van der Waals surface area (Å²) in [5.74, 6) is -0.888. The maximum Gasteiger partial charge on any atom is 0.382 e. The highest BCUT2D eigenvalue weighted by atomic mass is 31.2. The molecule has 1 atom stereocenters. The van der Waals surface area contributed by atoms with Crippen molar-refractivity contribution in [2.24, 2.45) is 0 Å². The van der Waals surface area contributed by atoms with Crippen molar-refractivity contribution in [3.8, 4) is 5.88 Å². The molecule has 2 rings (SSSR count). The molecule has 1 aromatic heterocycles. The van der Waals surface area contributed by atoms with Crippen molar-refractivity contribution < 1.29 is 23.9 Å². The molecule has 2 aromatic rings. The Morgan fingerprint density at radius 1 is 1.18 bits per heavy atom. The lowest BCUT2D eigenvalue weighted by Gasteiger charge is -2.13. The first-order valence-electron chi connectivity index (χ1n) is 6.67. The number of aliphatic carboxylic acids is 1. The van der Waals surface area contributed by atoms with E-state index in [9.17, 15) is 14.3 Å². The first-order chi connectivity index (χ1) is 10.4. The van der Waals surface area contributed by atoms with Crippen molar-refractivity contribution in [3.05, 3.63) is 59.8 Å². The molecule has 22 heavy (non-hydrogen) atoms. The van der Waals surface area contributed by atoms with Crippen molar-refractivity contribution in [1.29, 1.82) is 0 Å². The zero-order valence-electron chi connectivity index (χ0n) is 11.8. The van der Waals surface area contributed by atoms with Gasteiger partial charge in [-0.25, -0.2) is 9.55 Å². The van der Waals surface area contributed by atoms with Gasteiger partial charge in [-0.2, -0.15) is 0 Å². The summed E-state index contributed by atoms with van der Waals surface area (Å²) >= 11 is 0. The number of hydrogen-bond acceptors (Lipinski definition) is 4. The van der Waals surface area contributed by atoms with Crippen LogP contribution in [0.15, 0.2) is 48.7 Å². The number of rotatable bonds is 7. The van der Waals surface area contributed by atoms with Crippen LogP contribution in [0.3, 0.4) is 0 Å². The first-order valence-corrected chi connectivity index (χ1v) is 8.43. The fraction of sp³-hybridized carbons (Fsp3) is 0.200. The summed E-state index contributed by atoms with van der Waals surface area (Å²) in [7, 11) is -3.87. The number of benzene rings is 1. The van der Waals surface area contributed by atoms with Crippen LogP contribution in [0.5, 0.6) is 5.88 Å². The van der Waals surface area contributed by atoms with Gasteiger partial charge in [-0.15, -0.1) is 0 Å². The molecule has 0 bridgehead atoms. The molecule has 1 unspecified atom stereocenters. The third-order valence-corrected chi connectivity index (χ3v) is 4.13. The van der Waals surface area contributed by atoms with Crippen molar-refractivity contribution in [2.75, 3.05) is 0 Å². The lowest BCUT2D eigenvalue weighted by Crippen LogP contribution is -2.00. The fourth-order valence-electron chi connectivity index (χ4n) is 1.90. The summed E-state index contributed by atoms with van der Waals surface area (Å²) in [6.45, 7) is 0. The van der Waals surface area contributed by atoms with Gasteiger partial charge in [0, 0.05) is 18.7 Å². The molecule has 7 heteroatoms. The summed E-state index contributed by atoms with van der Waals surface area (Å²) in [5.41, 5.74) is 1.38. The van der Waals surface area contributed by atoms with Gasteiger partial charge in [0.05, 0.1) is 6.16 Å². The van der Waals surface area contributed by atoms with E-state index in [1.54, 1.807) is 30.3 Å². The average molecular weight is 321 g/mol. The lowest BCUT2D eigenvalue weighted by molar-refractivity contribution is -0.136. The van der Waals surface area contributed by atoms with E-state index in [4.69, 9.17) is 9.63 Å². The minimum atomic E-state index is -3.87. The second kappa shape index (κ2) is 7.20. The van der Waals surface area contributed by atoms with Crippen LogP contribution in [0.25, 0.3) is 0 Å². The predicted molar refractivity (Wildman–Crippen MR) is 80.8 cm³/mol. The van der Waals surface area contributed by atoms with Crippen molar-refractivity contribution >= 4 is 13.6 Å². The highest BCUT2D eigenvalue weighted by Gasteiger charge is 2.22. The summed E-state index contributed by atoms with van der Waals surface area (Å²) in [4.78, 5) is 24.4. The number of carboxylic acids is 1. The maximum atomic E-state index is 12.1. The summed E-state index contributed by atoms with van der Waals surface area (Å²) in [5, 5.41) is 8.66. The van der Waals surface area contributed by atoms with Crippen molar-refractivity contribution in [3.63, 3.8) is 0 Å². The third-order valence-electron chi connectivity index (χ3n) is 2.89. The number of aromatic nitrogens is 1. The van der Waals surface area contributed by atoms with Gasteiger partial charge in [-0.05, 0) is 23.6 Å². The van der Waals surface area contributed by atoms with E-state index < -0.39 is 13.6 Å². The molecule has 0 spiro atoms. The molecule has 6 nitrogen and oxygen atoms in total. The molecule has 0 amide bonds. The van der Waals surface area contributed by atoms with Gasteiger partial charge in [-0.1, -0.05) is 30.3 Å². The number of nitrogens with zero attached hydrogens (tertiary/aromatic N) is 1. The number of pyridine rings is 1. The van der Waals surface area contributed by atoms with Crippen LogP contribution in [0.4, 0.5) is 0 Å². The number of aryl methyl sites for hydroxylation is 1. The predicted octanol–water partition coefficient (Wildman–Crippen LogP) is 2.86. The number of hydrogen-bond donors (Lipinski definition) is 2. The van der Waals surface area contributed by atoms with Crippen LogP contribution >= 0.6 is 7.60 Å². The molecule has 0 radical (unpaired) electrons. The number of carboxylic acid groups (broad SMARTS) is 1. The van der Waals surface area contributed by atoms with E-state index in [1.807, 2.05) is 6.07 Å². The summed E-state index contributed by atoms with van der Waals surface area (Å²) in [6.07, 6.45) is 1.59. The summed E-state index contributed by atoms with van der Waals surface area (Å²) < 4.78 is 17.2. The van der Waals surface area contributed by atoms with Crippen LogP contribution in [0.1, 0.15) is 17.5 Å². The molecule has 2 N–H and O–H groups in total. The second-order valence-corrected chi connectivity index (χ2v) is 6.54. The highest BCUT2D eigenvalue weighted by molar-refractivity contribution is 7.52. The Bertz CT molecular complexity index is 689. The van der Waals surface area contributed by atoms with E-state index in [2.05, 4.69) is 4.98 Å². The standard InChI is InChI=1S/C15H16NO5P/c17-15(18)7-6-12-8-9-16-14(10-12)21-22(19,20)11-13-4-2-1-3-5-13/h1-5,8-10H,6-7,11H2,(H,17,18)(H,19,20). The maximum absolute atomic E-state index is 12.1. The zero-order chi connectivity index (χ0) is 16.0. The van der Waals surface area contributed by atoms with Gasteiger partial charge < -0.3 is 14.5 Å². The fourth-order valence-corrected chi connectivity index (χ4v) is 3.03. The largest absolute Gasteiger partial charge is 0.481 e. The Morgan fingerprint density at radius 3 is 2.59 bits per heavy atom. The smallest absolute Gasteiger partial charge is 0.382 e. The molecule has 0 saturated carbocycles. The number of carbonyl (C=O) groups is 1. The average Bonchev–Trinajstić information content (AvgIpc) is 2.45. The third kappa shape index (κ3) is 5.31. The molecule has 0 aliphatic heterocycles. The molecule has 116 valence electrons. The van der Waals surface area contributed by atoms with E-state index >= 15 is 0 Å². The molecule has 1 aromatic carbocycles. The van der Waals surface area contributed by atoms with Gasteiger partial charge in [0.25, 0.3) is 0 Å². The van der Waals surface area contributed by atoms with Crippen LogP contribution in [0.2, 0.25) is 0 Å². The Morgan fingerprint density at radius 2 is 1.91 bits per heavy atom. The van der Waals surface area contributed by atoms with Gasteiger partial charge >= 0.3 is 13.6 Å². The lowest BCUT2D eigenvalue weighted by atomic mass is 10.1. The van der Waals surface area contributed by atoms with Gasteiger partial charge in [0.1, 0.15) is 0 Å². The van der Waals surface area contributed by atoms with Crippen molar-refractivity contribution in [1.82, 2.24) is 4.98 Å². The monoisotopic (exact) mass is 321 g/mol. The molecule has 0 fully saturated rings. The molecule has 1 heterocycles. The molecule has 0 aliphatic rings. The van der Waals surface area contributed by atoms with Crippen LogP contribution < -0.4 is 4.52 Å². The Labute approximate surface area is 127 Å². The van der Waals surface area contributed by atoms with E-state index in [0.717, 1.165) is 0 Å². The van der Waals surface area contributed by atoms with E-state index in [1.165, 1.54) is 12.3 Å². The normalized spacial score (nSPS) is 13.3. The second-order valence-electron chi connectivity index (χ2n) is 4.77. The minimum absolute atomic E-state index is 0.0182. The SMILES string of the molecule is O=C(O)CCc1ccnc(OP(=O)(O)Cc2ccccc2)c1. The highest BCUT2D eigenvalue weighted by Crippen LogP contribution is 2.45. The zero-order valence-corrected chi connectivity index (χ0v) is 12.6. The minimum Gasteiger partial charge on any atom is -0.481 e. The first kappa shape index (κ1) is 16.2.